The van der Waals surface area contributed by atoms with Crippen molar-refractivity contribution in [2.45, 2.75) is 51.2 Å². The van der Waals surface area contributed by atoms with E-state index in [0.29, 0.717) is 18.9 Å². The van der Waals surface area contributed by atoms with Gasteiger partial charge in [0.05, 0.1) is 26.4 Å². The van der Waals surface area contributed by atoms with E-state index in [2.05, 4.69) is 5.32 Å². The molecule has 0 bridgehead atoms. The molecule has 0 aliphatic heterocycles. The van der Waals surface area contributed by atoms with Crippen molar-refractivity contribution in [3.63, 3.8) is 0 Å². The second-order valence-corrected chi connectivity index (χ2v) is 6.51. The molecule has 1 aromatic carbocycles. The lowest BCUT2D eigenvalue weighted by molar-refractivity contribution is -0.122. The molecular weight excluding hydrogens is 306 g/mol. The Balaban J connectivity index is 1.53. The number of rotatable bonds is 10. The summed E-state index contributed by atoms with van der Waals surface area (Å²) < 4.78 is 10.6. The van der Waals surface area contributed by atoms with Gasteiger partial charge in [0.25, 0.3) is 0 Å². The molecule has 0 radical (unpaired) electrons. The van der Waals surface area contributed by atoms with E-state index in [4.69, 9.17) is 9.47 Å². The van der Waals surface area contributed by atoms with Crippen LogP contribution in [0, 0.1) is 5.92 Å². The SMILES string of the molecule is COc1ccc(COCC(O)CNC(=O)CCC2CCCC2)cc1. The van der Waals surface area contributed by atoms with Gasteiger partial charge >= 0.3 is 0 Å². The lowest BCUT2D eigenvalue weighted by Crippen LogP contribution is -2.34. The molecule has 1 aromatic rings. The van der Waals surface area contributed by atoms with E-state index in [1.165, 1.54) is 25.7 Å². The van der Waals surface area contributed by atoms with E-state index in [0.717, 1.165) is 17.7 Å². The Morgan fingerprint density at radius 2 is 2.00 bits per heavy atom. The van der Waals surface area contributed by atoms with Crippen LogP contribution < -0.4 is 10.1 Å². The molecule has 1 aliphatic carbocycles. The fraction of sp³-hybridized carbons (Fsp3) is 0.632. The first-order valence-electron chi connectivity index (χ1n) is 8.83. The van der Waals surface area contributed by atoms with E-state index >= 15 is 0 Å². The minimum atomic E-state index is -0.682. The van der Waals surface area contributed by atoms with Crippen LogP contribution in [0.25, 0.3) is 0 Å². The van der Waals surface area contributed by atoms with Gasteiger partial charge < -0.3 is 19.9 Å². The van der Waals surface area contributed by atoms with Gasteiger partial charge in [0.1, 0.15) is 5.75 Å². The molecule has 1 fully saturated rings. The zero-order valence-corrected chi connectivity index (χ0v) is 14.5. The Kier molecular flexibility index (Phi) is 8.05. The second kappa shape index (κ2) is 10.3. The Morgan fingerprint density at radius 3 is 2.67 bits per heavy atom. The molecule has 134 valence electrons. The van der Waals surface area contributed by atoms with Gasteiger partial charge in [-0.25, -0.2) is 0 Å². The number of aliphatic hydroxyl groups excluding tert-OH is 1. The third-order valence-electron chi connectivity index (χ3n) is 4.53. The summed E-state index contributed by atoms with van der Waals surface area (Å²) in [6.45, 7) is 0.873. The largest absolute Gasteiger partial charge is 0.497 e. The molecule has 0 heterocycles. The number of carbonyl (C=O) groups is 1. The van der Waals surface area contributed by atoms with Crippen LogP contribution >= 0.6 is 0 Å². The van der Waals surface area contributed by atoms with Gasteiger partial charge in [0.15, 0.2) is 0 Å². The molecule has 2 rings (SSSR count). The van der Waals surface area contributed by atoms with Crippen molar-refractivity contribution in [1.29, 1.82) is 0 Å². The summed E-state index contributed by atoms with van der Waals surface area (Å²) in [5.41, 5.74) is 1.02. The minimum absolute atomic E-state index is 0.0242. The van der Waals surface area contributed by atoms with Crippen LogP contribution in [-0.4, -0.2) is 37.4 Å². The maximum Gasteiger partial charge on any atom is 0.220 e. The highest BCUT2D eigenvalue weighted by molar-refractivity contribution is 5.75. The monoisotopic (exact) mass is 335 g/mol. The molecule has 0 spiro atoms. The smallest absolute Gasteiger partial charge is 0.220 e. The van der Waals surface area contributed by atoms with Gasteiger partial charge in [0.2, 0.25) is 5.91 Å². The summed E-state index contributed by atoms with van der Waals surface area (Å²) in [6.07, 6.45) is 5.97. The Morgan fingerprint density at radius 1 is 1.29 bits per heavy atom. The molecule has 1 amide bonds. The lowest BCUT2D eigenvalue weighted by atomic mass is 10.0. The lowest BCUT2D eigenvalue weighted by Gasteiger charge is -2.13. The molecule has 0 aromatic heterocycles. The van der Waals surface area contributed by atoms with Crippen molar-refractivity contribution < 1.29 is 19.4 Å². The van der Waals surface area contributed by atoms with E-state index in [-0.39, 0.29) is 19.1 Å². The van der Waals surface area contributed by atoms with Crippen molar-refractivity contribution in [1.82, 2.24) is 5.32 Å². The third-order valence-corrected chi connectivity index (χ3v) is 4.53. The van der Waals surface area contributed by atoms with E-state index in [9.17, 15) is 9.90 Å². The summed E-state index contributed by atoms with van der Waals surface area (Å²) in [7, 11) is 1.63. The number of hydrogen-bond acceptors (Lipinski definition) is 4. The summed E-state index contributed by atoms with van der Waals surface area (Å²) in [5.74, 6) is 1.55. The fourth-order valence-corrected chi connectivity index (χ4v) is 3.05. The van der Waals surface area contributed by atoms with Crippen LogP contribution in [0.4, 0.5) is 0 Å². The normalized spacial score (nSPS) is 16.1. The quantitative estimate of drug-likeness (QED) is 0.690. The molecule has 5 heteroatoms. The Bertz CT molecular complexity index is 483. The predicted molar refractivity (Wildman–Crippen MR) is 92.9 cm³/mol. The molecule has 0 saturated heterocycles. The van der Waals surface area contributed by atoms with Gasteiger partial charge in [-0.05, 0) is 30.0 Å². The average molecular weight is 335 g/mol. The maximum absolute atomic E-state index is 11.8. The summed E-state index contributed by atoms with van der Waals surface area (Å²) >= 11 is 0. The maximum atomic E-state index is 11.8. The zero-order chi connectivity index (χ0) is 17.2. The number of methoxy groups -OCH3 is 1. The number of nitrogens with one attached hydrogen (secondary N) is 1. The van der Waals surface area contributed by atoms with Crippen molar-refractivity contribution in [2.75, 3.05) is 20.3 Å². The topological polar surface area (TPSA) is 67.8 Å². The standard InChI is InChI=1S/C19H29NO4/c1-23-18-9-6-16(7-10-18)13-24-14-17(21)12-20-19(22)11-8-15-4-2-3-5-15/h6-7,9-10,15,17,21H,2-5,8,11-14H2,1H3,(H,20,22). The summed E-state index contributed by atoms with van der Waals surface area (Å²) in [6, 6.07) is 7.60. The number of carbonyl (C=O) groups excluding carboxylic acids is 1. The van der Waals surface area contributed by atoms with Crippen molar-refractivity contribution in [3.8, 4) is 5.75 Å². The van der Waals surface area contributed by atoms with Crippen molar-refractivity contribution in [3.05, 3.63) is 29.8 Å². The van der Waals surface area contributed by atoms with Crippen LogP contribution in [0.15, 0.2) is 24.3 Å². The molecule has 1 unspecified atom stereocenters. The van der Waals surface area contributed by atoms with Crippen LogP contribution in [-0.2, 0) is 16.1 Å². The summed E-state index contributed by atoms with van der Waals surface area (Å²) in [4.78, 5) is 11.8. The highest BCUT2D eigenvalue weighted by Gasteiger charge is 2.16. The van der Waals surface area contributed by atoms with Gasteiger partial charge in [-0.1, -0.05) is 37.8 Å². The second-order valence-electron chi connectivity index (χ2n) is 6.51. The van der Waals surface area contributed by atoms with Crippen LogP contribution in [0.3, 0.4) is 0 Å². The highest BCUT2D eigenvalue weighted by atomic mass is 16.5. The number of hydrogen-bond donors (Lipinski definition) is 2. The van der Waals surface area contributed by atoms with Crippen LogP contribution in [0.5, 0.6) is 5.75 Å². The van der Waals surface area contributed by atoms with E-state index in [1.54, 1.807) is 7.11 Å². The fourth-order valence-electron chi connectivity index (χ4n) is 3.05. The summed E-state index contributed by atoms with van der Waals surface area (Å²) in [5, 5.41) is 12.7. The first-order valence-corrected chi connectivity index (χ1v) is 8.83. The molecule has 1 saturated carbocycles. The third kappa shape index (κ3) is 6.89. The number of ether oxygens (including phenoxy) is 2. The van der Waals surface area contributed by atoms with Gasteiger partial charge in [0, 0.05) is 13.0 Å². The predicted octanol–water partition coefficient (Wildman–Crippen LogP) is 2.66. The van der Waals surface area contributed by atoms with E-state index in [1.807, 2.05) is 24.3 Å². The Labute approximate surface area is 144 Å². The number of amides is 1. The molecular formula is C19H29NO4. The van der Waals surface area contributed by atoms with E-state index < -0.39 is 6.10 Å². The molecule has 1 atom stereocenters. The highest BCUT2D eigenvalue weighted by Crippen LogP contribution is 2.28. The van der Waals surface area contributed by atoms with Gasteiger partial charge in [-0.2, -0.15) is 0 Å². The minimum Gasteiger partial charge on any atom is -0.497 e. The molecule has 24 heavy (non-hydrogen) atoms. The average Bonchev–Trinajstić information content (AvgIpc) is 3.12. The first-order chi connectivity index (χ1) is 11.7. The zero-order valence-electron chi connectivity index (χ0n) is 14.5. The van der Waals surface area contributed by atoms with Crippen molar-refractivity contribution in [2.24, 2.45) is 5.92 Å². The van der Waals surface area contributed by atoms with Crippen LogP contribution in [0.1, 0.15) is 44.1 Å². The van der Waals surface area contributed by atoms with Gasteiger partial charge in [-0.15, -0.1) is 0 Å². The van der Waals surface area contributed by atoms with Gasteiger partial charge in [-0.3, -0.25) is 4.79 Å². The number of aliphatic hydroxyl groups is 1. The Hall–Kier alpha value is -1.59. The van der Waals surface area contributed by atoms with Crippen LogP contribution in [0.2, 0.25) is 0 Å². The number of benzene rings is 1. The molecule has 2 N–H and O–H groups in total. The van der Waals surface area contributed by atoms with Crippen molar-refractivity contribution >= 4 is 5.91 Å². The first kappa shape index (κ1) is 18.7. The molecule has 1 aliphatic rings. The molecule has 5 nitrogen and oxygen atoms in total.